The molecule has 0 radical (unpaired) electrons. The van der Waals surface area contributed by atoms with Gasteiger partial charge in [-0.25, -0.2) is 4.79 Å². The van der Waals surface area contributed by atoms with E-state index in [1.165, 1.54) is 24.3 Å². The number of urea groups is 1. The number of halogens is 5. The molecule has 4 nitrogen and oxygen atoms in total. The van der Waals surface area contributed by atoms with Crippen LogP contribution in [0.2, 0.25) is 10.0 Å². The highest BCUT2D eigenvalue weighted by Crippen LogP contribution is 2.30. The Bertz CT molecular complexity index is 774. The fourth-order valence-electron chi connectivity index (χ4n) is 1.82. The Morgan fingerprint density at radius 2 is 1.54 bits per heavy atom. The molecule has 0 bridgehead atoms. The van der Waals surface area contributed by atoms with Gasteiger partial charge in [0.15, 0.2) is 0 Å². The van der Waals surface area contributed by atoms with Gasteiger partial charge >= 0.3 is 12.2 Å². The third kappa shape index (κ3) is 4.39. The molecule has 24 heavy (non-hydrogen) atoms. The van der Waals surface area contributed by atoms with E-state index >= 15 is 0 Å². The number of amides is 3. The van der Waals surface area contributed by atoms with Gasteiger partial charge in [-0.1, -0.05) is 35.3 Å². The molecule has 9 heteroatoms. The van der Waals surface area contributed by atoms with E-state index < -0.39 is 23.7 Å². The first-order valence-electron chi connectivity index (χ1n) is 6.42. The number of carbonyl (C=O) groups is 2. The van der Waals surface area contributed by atoms with Gasteiger partial charge in [0.1, 0.15) is 0 Å². The number of hydrogen-bond donors (Lipinski definition) is 2. The van der Waals surface area contributed by atoms with Crippen molar-refractivity contribution in [1.82, 2.24) is 5.32 Å². The van der Waals surface area contributed by atoms with Crippen molar-refractivity contribution in [1.29, 1.82) is 0 Å². The average molecular weight is 377 g/mol. The second kappa shape index (κ2) is 7.11. The number of rotatable bonds is 2. The van der Waals surface area contributed by atoms with Gasteiger partial charge < -0.3 is 5.32 Å². The highest BCUT2D eigenvalue weighted by atomic mass is 35.5. The number of imide groups is 1. The molecule has 2 aromatic rings. The van der Waals surface area contributed by atoms with Crippen LogP contribution in [0, 0.1) is 0 Å². The van der Waals surface area contributed by atoms with Crippen LogP contribution in [0.3, 0.4) is 0 Å². The standard InChI is InChI=1S/C15H9Cl2F3N2O2/c16-10-5-2-6-11(17)12(10)13(23)22-14(24)21-9-4-1-3-8(7-9)15(18,19)20/h1-7H,(H2,21,22,23,24). The van der Waals surface area contributed by atoms with Crippen molar-refractivity contribution in [3.8, 4) is 0 Å². The molecule has 2 N–H and O–H groups in total. The molecule has 0 fully saturated rings. The highest BCUT2D eigenvalue weighted by molar-refractivity contribution is 6.40. The number of alkyl halides is 3. The Hall–Kier alpha value is -2.25. The summed E-state index contributed by atoms with van der Waals surface area (Å²) in [4.78, 5) is 23.8. The van der Waals surface area contributed by atoms with Crippen LogP contribution in [0.1, 0.15) is 15.9 Å². The monoisotopic (exact) mass is 376 g/mol. The number of hydrogen-bond acceptors (Lipinski definition) is 2. The number of anilines is 1. The molecule has 0 saturated carbocycles. The van der Waals surface area contributed by atoms with Gasteiger partial charge in [-0.3, -0.25) is 10.1 Å². The second-order valence-electron chi connectivity index (χ2n) is 4.58. The predicted molar refractivity (Wildman–Crippen MR) is 84.4 cm³/mol. The van der Waals surface area contributed by atoms with Crippen LogP contribution in [-0.2, 0) is 6.18 Å². The normalized spacial score (nSPS) is 11.0. The minimum Gasteiger partial charge on any atom is -0.308 e. The van der Waals surface area contributed by atoms with Gasteiger partial charge in [0, 0.05) is 5.69 Å². The molecular formula is C15H9Cl2F3N2O2. The summed E-state index contributed by atoms with van der Waals surface area (Å²) in [7, 11) is 0. The molecule has 0 unspecified atom stereocenters. The van der Waals surface area contributed by atoms with E-state index in [1.807, 2.05) is 5.32 Å². The Morgan fingerprint density at radius 3 is 2.12 bits per heavy atom. The molecule has 2 rings (SSSR count). The van der Waals surface area contributed by atoms with Crippen molar-refractivity contribution >= 4 is 40.8 Å². The van der Waals surface area contributed by atoms with E-state index in [0.29, 0.717) is 0 Å². The zero-order valence-corrected chi connectivity index (χ0v) is 13.3. The van der Waals surface area contributed by atoms with Crippen LogP contribution >= 0.6 is 23.2 Å². The average Bonchev–Trinajstić information content (AvgIpc) is 2.46. The molecule has 0 spiro atoms. The molecule has 3 amide bonds. The van der Waals surface area contributed by atoms with Crippen LogP contribution in [0.15, 0.2) is 42.5 Å². The van der Waals surface area contributed by atoms with Crippen molar-refractivity contribution in [2.75, 3.05) is 5.32 Å². The smallest absolute Gasteiger partial charge is 0.308 e. The van der Waals surface area contributed by atoms with Gasteiger partial charge in [-0.05, 0) is 30.3 Å². The van der Waals surface area contributed by atoms with Crippen LogP contribution in [0.5, 0.6) is 0 Å². The van der Waals surface area contributed by atoms with Crippen molar-refractivity contribution in [2.24, 2.45) is 0 Å². The maximum absolute atomic E-state index is 12.6. The fourth-order valence-corrected chi connectivity index (χ4v) is 2.39. The Morgan fingerprint density at radius 1 is 0.958 bits per heavy atom. The lowest BCUT2D eigenvalue weighted by Gasteiger charge is -2.11. The van der Waals surface area contributed by atoms with E-state index in [9.17, 15) is 22.8 Å². The van der Waals surface area contributed by atoms with E-state index in [0.717, 1.165) is 18.2 Å². The zero-order valence-electron chi connectivity index (χ0n) is 11.7. The van der Waals surface area contributed by atoms with Crippen molar-refractivity contribution in [3.05, 3.63) is 63.6 Å². The van der Waals surface area contributed by atoms with Crippen LogP contribution in [0.4, 0.5) is 23.7 Å². The van der Waals surface area contributed by atoms with E-state index in [-0.39, 0.29) is 21.3 Å². The first kappa shape index (κ1) is 18.1. The van der Waals surface area contributed by atoms with Crippen LogP contribution in [-0.4, -0.2) is 11.9 Å². The first-order valence-corrected chi connectivity index (χ1v) is 7.17. The Balaban J connectivity index is 2.10. The van der Waals surface area contributed by atoms with Crippen molar-refractivity contribution < 1.29 is 22.8 Å². The summed E-state index contributed by atoms with van der Waals surface area (Å²) in [6.07, 6.45) is -4.55. The van der Waals surface area contributed by atoms with Gasteiger partial charge in [-0.15, -0.1) is 0 Å². The number of benzene rings is 2. The largest absolute Gasteiger partial charge is 0.416 e. The fraction of sp³-hybridized carbons (Fsp3) is 0.0667. The van der Waals surface area contributed by atoms with Crippen molar-refractivity contribution in [3.63, 3.8) is 0 Å². The Labute approximate surface area is 144 Å². The lowest BCUT2D eigenvalue weighted by atomic mass is 10.2. The van der Waals surface area contributed by atoms with E-state index in [2.05, 4.69) is 5.32 Å². The third-order valence-corrected chi connectivity index (χ3v) is 3.49. The zero-order chi connectivity index (χ0) is 17.9. The van der Waals surface area contributed by atoms with Crippen molar-refractivity contribution in [2.45, 2.75) is 6.18 Å². The molecular weight excluding hydrogens is 368 g/mol. The molecule has 0 aliphatic carbocycles. The molecule has 2 aromatic carbocycles. The van der Waals surface area contributed by atoms with Gasteiger partial charge in [0.2, 0.25) is 0 Å². The van der Waals surface area contributed by atoms with E-state index in [4.69, 9.17) is 23.2 Å². The van der Waals surface area contributed by atoms with Gasteiger partial charge in [0.05, 0.1) is 21.2 Å². The topological polar surface area (TPSA) is 58.2 Å². The summed E-state index contributed by atoms with van der Waals surface area (Å²) >= 11 is 11.7. The van der Waals surface area contributed by atoms with Gasteiger partial charge in [-0.2, -0.15) is 13.2 Å². The SMILES string of the molecule is O=C(NC(=O)c1c(Cl)cccc1Cl)Nc1cccc(C(F)(F)F)c1. The second-order valence-corrected chi connectivity index (χ2v) is 5.40. The summed E-state index contributed by atoms with van der Waals surface area (Å²) in [5.41, 5.74) is -1.17. The molecule has 0 heterocycles. The lowest BCUT2D eigenvalue weighted by Crippen LogP contribution is -2.34. The molecule has 126 valence electrons. The molecule has 0 aromatic heterocycles. The first-order chi connectivity index (χ1) is 11.2. The van der Waals surface area contributed by atoms with E-state index in [1.54, 1.807) is 0 Å². The number of carbonyl (C=O) groups excluding carboxylic acids is 2. The summed E-state index contributed by atoms with van der Waals surface area (Å²) in [6.45, 7) is 0. The Kier molecular flexibility index (Phi) is 5.36. The van der Waals surface area contributed by atoms with Gasteiger partial charge in [0.25, 0.3) is 5.91 Å². The molecule has 0 saturated heterocycles. The van der Waals surface area contributed by atoms with Crippen LogP contribution < -0.4 is 10.6 Å². The summed E-state index contributed by atoms with van der Waals surface area (Å²) in [5, 5.41) is 4.15. The molecule has 0 aliphatic rings. The summed E-state index contributed by atoms with van der Waals surface area (Å²) < 4.78 is 37.8. The highest BCUT2D eigenvalue weighted by Gasteiger charge is 2.30. The molecule has 0 atom stereocenters. The quantitative estimate of drug-likeness (QED) is 0.776. The summed E-state index contributed by atoms with van der Waals surface area (Å²) in [6, 6.07) is 7.30. The maximum Gasteiger partial charge on any atom is 0.416 e. The third-order valence-electron chi connectivity index (χ3n) is 2.86. The predicted octanol–water partition coefficient (Wildman–Crippen LogP) is 4.97. The minimum atomic E-state index is -4.55. The van der Waals surface area contributed by atoms with Crippen LogP contribution in [0.25, 0.3) is 0 Å². The minimum absolute atomic E-state index is 0.0341. The number of nitrogens with one attached hydrogen (secondary N) is 2. The molecule has 0 aliphatic heterocycles. The summed E-state index contributed by atoms with van der Waals surface area (Å²) in [5.74, 6) is -0.880. The lowest BCUT2D eigenvalue weighted by molar-refractivity contribution is -0.137. The maximum atomic E-state index is 12.6.